The van der Waals surface area contributed by atoms with Crippen molar-refractivity contribution in [3.8, 4) is 44.3 Å². The lowest BCUT2D eigenvalue weighted by Crippen LogP contribution is -1.85. The van der Waals surface area contributed by atoms with Crippen LogP contribution in [0.4, 0.5) is 0 Å². The van der Waals surface area contributed by atoms with E-state index < -0.39 is 0 Å². The average Bonchev–Trinajstić information content (AvgIpc) is 3.49. The smallest absolute Gasteiger partial charge is 0.143 e. The molecule has 5 aromatic rings. The van der Waals surface area contributed by atoms with Gasteiger partial charge in [0.15, 0.2) is 0 Å². The first-order chi connectivity index (χ1) is 13.8. The van der Waals surface area contributed by atoms with Crippen molar-refractivity contribution in [2.75, 3.05) is 0 Å². The number of thiazole rings is 1. The van der Waals surface area contributed by atoms with E-state index >= 15 is 0 Å². The van der Waals surface area contributed by atoms with Crippen LogP contribution >= 0.6 is 22.9 Å². The number of hydrogen-bond acceptors (Lipinski definition) is 7. The standard InChI is InChI=1S/C21H14N4OS2/c1-13-19(20(24-26-13)15-5-3-2-4-6-15)18-11-27-21(22-18)16-9-7-14(8-10-16)17-12-28-25-23-17/h2-12H,1H3. The van der Waals surface area contributed by atoms with Gasteiger partial charge < -0.3 is 4.52 Å². The zero-order chi connectivity index (χ0) is 18.9. The van der Waals surface area contributed by atoms with E-state index in [1.54, 1.807) is 11.3 Å². The minimum atomic E-state index is 0.766. The van der Waals surface area contributed by atoms with Gasteiger partial charge in [0.05, 0.1) is 11.3 Å². The summed E-state index contributed by atoms with van der Waals surface area (Å²) in [6.45, 7) is 1.92. The minimum Gasteiger partial charge on any atom is -0.360 e. The molecule has 3 aromatic heterocycles. The van der Waals surface area contributed by atoms with Crippen LogP contribution in [0.2, 0.25) is 0 Å². The predicted octanol–water partition coefficient (Wildman–Crippen LogP) is 5.96. The van der Waals surface area contributed by atoms with Gasteiger partial charge in [-0.05, 0) is 18.5 Å². The maximum absolute atomic E-state index is 5.48. The highest BCUT2D eigenvalue weighted by molar-refractivity contribution is 7.13. The summed E-state index contributed by atoms with van der Waals surface area (Å²) in [5, 5.41) is 13.3. The molecule has 3 heterocycles. The quantitative estimate of drug-likeness (QED) is 0.371. The molecule has 0 atom stereocenters. The Morgan fingerprint density at radius 1 is 0.821 bits per heavy atom. The highest BCUT2D eigenvalue weighted by atomic mass is 32.1. The summed E-state index contributed by atoms with van der Waals surface area (Å²) in [4.78, 5) is 4.85. The van der Waals surface area contributed by atoms with Crippen LogP contribution in [-0.2, 0) is 0 Å². The lowest BCUT2D eigenvalue weighted by Gasteiger charge is -2.00. The third kappa shape index (κ3) is 3.04. The van der Waals surface area contributed by atoms with Gasteiger partial charge in [-0.25, -0.2) is 4.98 Å². The molecule has 0 aliphatic carbocycles. The number of nitrogens with zero attached hydrogens (tertiary/aromatic N) is 4. The fraction of sp³-hybridized carbons (Fsp3) is 0.0476. The van der Waals surface area contributed by atoms with E-state index in [1.807, 2.05) is 54.8 Å². The maximum atomic E-state index is 5.48. The molecular formula is C21H14N4OS2. The van der Waals surface area contributed by atoms with Crippen molar-refractivity contribution in [2.24, 2.45) is 0 Å². The summed E-state index contributed by atoms with van der Waals surface area (Å²) >= 11 is 2.96. The largest absolute Gasteiger partial charge is 0.360 e. The molecule has 0 radical (unpaired) electrons. The third-order valence-electron chi connectivity index (χ3n) is 4.46. The van der Waals surface area contributed by atoms with Crippen LogP contribution < -0.4 is 0 Å². The van der Waals surface area contributed by atoms with E-state index in [-0.39, 0.29) is 0 Å². The highest BCUT2D eigenvalue weighted by Gasteiger charge is 2.19. The fourth-order valence-electron chi connectivity index (χ4n) is 3.06. The third-order valence-corrected chi connectivity index (χ3v) is 5.85. The minimum absolute atomic E-state index is 0.766. The zero-order valence-electron chi connectivity index (χ0n) is 14.9. The molecule has 0 N–H and O–H groups in total. The van der Waals surface area contributed by atoms with E-state index in [0.717, 1.165) is 50.1 Å². The predicted molar refractivity (Wildman–Crippen MR) is 112 cm³/mol. The molecule has 7 heteroatoms. The van der Waals surface area contributed by atoms with Crippen LogP contribution in [0.25, 0.3) is 44.3 Å². The zero-order valence-corrected chi connectivity index (χ0v) is 16.5. The van der Waals surface area contributed by atoms with Gasteiger partial charge in [-0.15, -0.1) is 16.4 Å². The molecule has 0 saturated heterocycles. The van der Waals surface area contributed by atoms with Crippen LogP contribution in [0, 0.1) is 6.92 Å². The summed E-state index contributed by atoms with van der Waals surface area (Å²) in [5.74, 6) is 0.766. The van der Waals surface area contributed by atoms with Crippen molar-refractivity contribution < 1.29 is 4.52 Å². The van der Waals surface area contributed by atoms with Gasteiger partial charge >= 0.3 is 0 Å². The Kier molecular flexibility index (Phi) is 4.31. The Balaban J connectivity index is 1.50. The van der Waals surface area contributed by atoms with Crippen molar-refractivity contribution >= 4 is 22.9 Å². The monoisotopic (exact) mass is 402 g/mol. The second-order valence-corrected chi connectivity index (χ2v) is 7.70. The molecule has 0 bridgehead atoms. The molecular weight excluding hydrogens is 388 g/mol. The van der Waals surface area contributed by atoms with Crippen LogP contribution in [0.15, 0.2) is 69.9 Å². The Morgan fingerprint density at radius 3 is 2.36 bits per heavy atom. The molecule has 5 nitrogen and oxygen atoms in total. The second-order valence-electron chi connectivity index (χ2n) is 6.23. The van der Waals surface area contributed by atoms with Gasteiger partial charge in [0.25, 0.3) is 0 Å². The molecule has 2 aromatic carbocycles. The lowest BCUT2D eigenvalue weighted by molar-refractivity contribution is 0.400. The summed E-state index contributed by atoms with van der Waals surface area (Å²) in [6, 6.07) is 18.3. The fourth-order valence-corrected chi connectivity index (χ4v) is 4.34. The molecule has 0 saturated carbocycles. The van der Waals surface area contributed by atoms with Crippen molar-refractivity contribution in [1.29, 1.82) is 0 Å². The van der Waals surface area contributed by atoms with Crippen LogP contribution in [0.1, 0.15) is 5.76 Å². The highest BCUT2D eigenvalue weighted by Crippen LogP contribution is 2.37. The van der Waals surface area contributed by atoms with E-state index in [4.69, 9.17) is 9.51 Å². The first-order valence-electron chi connectivity index (χ1n) is 8.65. The van der Waals surface area contributed by atoms with Gasteiger partial charge in [0, 0.05) is 27.5 Å². The van der Waals surface area contributed by atoms with Crippen molar-refractivity contribution in [3.05, 3.63) is 71.1 Å². The lowest BCUT2D eigenvalue weighted by atomic mass is 10.0. The Morgan fingerprint density at radius 2 is 1.61 bits per heavy atom. The van der Waals surface area contributed by atoms with E-state index in [1.165, 1.54) is 11.5 Å². The van der Waals surface area contributed by atoms with Crippen molar-refractivity contribution in [3.63, 3.8) is 0 Å². The van der Waals surface area contributed by atoms with Crippen LogP contribution in [0.5, 0.6) is 0 Å². The number of aromatic nitrogens is 4. The molecule has 28 heavy (non-hydrogen) atoms. The van der Waals surface area contributed by atoms with Gasteiger partial charge in [-0.1, -0.05) is 64.2 Å². The van der Waals surface area contributed by atoms with E-state index in [9.17, 15) is 0 Å². The normalized spacial score (nSPS) is 11.0. The maximum Gasteiger partial charge on any atom is 0.143 e. The molecule has 0 aliphatic heterocycles. The first kappa shape index (κ1) is 17.0. The number of benzene rings is 2. The molecule has 0 aliphatic rings. The van der Waals surface area contributed by atoms with Gasteiger partial charge in [0.1, 0.15) is 22.2 Å². The molecule has 5 rings (SSSR count). The average molecular weight is 403 g/mol. The van der Waals surface area contributed by atoms with E-state index in [0.29, 0.717) is 0 Å². The summed E-state index contributed by atoms with van der Waals surface area (Å²) in [7, 11) is 0. The first-order valence-corrected chi connectivity index (χ1v) is 10.4. The van der Waals surface area contributed by atoms with Crippen molar-refractivity contribution in [1.82, 2.24) is 19.7 Å². The van der Waals surface area contributed by atoms with Crippen LogP contribution in [-0.4, -0.2) is 19.7 Å². The van der Waals surface area contributed by atoms with Crippen LogP contribution in [0.3, 0.4) is 0 Å². The number of rotatable bonds is 4. The van der Waals surface area contributed by atoms with Gasteiger partial charge in [0.2, 0.25) is 0 Å². The molecule has 0 unspecified atom stereocenters. The Labute approximate surface area is 169 Å². The molecule has 0 fully saturated rings. The summed E-state index contributed by atoms with van der Waals surface area (Å²) in [5.41, 5.74) is 6.67. The SMILES string of the molecule is Cc1onc(-c2ccccc2)c1-c1csc(-c2ccc(-c3csnn3)cc2)n1. The summed E-state index contributed by atoms with van der Waals surface area (Å²) < 4.78 is 9.40. The topological polar surface area (TPSA) is 64.7 Å². The van der Waals surface area contributed by atoms with Gasteiger partial charge in [-0.3, -0.25) is 0 Å². The van der Waals surface area contributed by atoms with Crippen molar-refractivity contribution in [2.45, 2.75) is 6.92 Å². The second kappa shape index (κ2) is 7.10. The number of hydrogen-bond donors (Lipinski definition) is 0. The molecule has 0 spiro atoms. The van der Waals surface area contributed by atoms with E-state index in [2.05, 4.69) is 32.3 Å². The Hall–Kier alpha value is -3.16. The summed E-state index contributed by atoms with van der Waals surface area (Å²) in [6.07, 6.45) is 0. The Bertz CT molecular complexity index is 1210. The molecule has 136 valence electrons. The number of aryl methyl sites for hydroxylation is 1. The molecule has 0 amide bonds. The van der Waals surface area contributed by atoms with Gasteiger partial charge in [-0.2, -0.15) is 0 Å².